The van der Waals surface area contributed by atoms with Crippen LogP contribution in [0, 0.1) is 19.8 Å². The predicted molar refractivity (Wildman–Crippen MR) is 75.9 cm³/mol. The summed E-state index contributed by atoms with van der Waals surface area (Å²) in [6, 6.07) is 7.16. The molecule has 1 aliphatic heterocycles. The molecular weight excluding hydrogens is 222 g/mol. The lowest BCUT2D eigenvalue weighted by atomic mass is 9.99. The van der Waals surface area contributed by atoms with Crippen LogP contribution in [-0.2, 0) is 4.74 Å². The van der Waals surface area contributed by atoms with E-state index in [0.29, 0.717) is 6.04 Å². The van der Waals surface area contributed by atoms with E-state index in [1.54, 1.807) is 0 Å². The van der Waals surface area contributed by atoms with Crippen molar-refractivity contribution in [2.24, 2.45) is 5.92 Å². The Hall–Kier alpha value is -0.860. The average molecular weight is 247 g/mol. The molecule has 2 unspecified atom stereocenters. The Kier molecular flexibility index (Phi) is 4.41. The summed E-state index contributed by atoms with van der Waals surface area (Å²) in [5, 5.41) is 3.61. The van der Waals surface area contributed by atoms with Crippen LogP contribution in [-0.4, -0.2) is 19.2 Å². The first-order valence-electron chi connectivity index (χ1n) is 6.98. The van der Waals surface area contributed by atoms with Crippen molar-refractivity contribution in [3.8, 4) is 0 Å². The molecule has 0 amide bonds. The molecule has 0 aliphatic carbocycles. The molecule has 0 aromatic heterocycles. The van der Waals surface area contributed by atoms with Gasteiger partial charge in [-0.3, -0.25) is 0 Å². The third-order valence-corrected chi connectivity index (χ3v) is 3.75. The Morgan fingerprint density at radius 2 is 2.06 bits per heavy atom. The molecule has 1 heterocycles. The van der Waals surface area contributed by atoms with Gasteiger partial charge in [0.2, 0.25) is 0 Å². The van der Waals surface area contributed by atoms with Crippen LogP contribution in [0.5, 0.6) is 0 Å². The summed E-state index contributed by atoms with van der Waals surface area (Å²) < 4.78 is 6.01. The van der Waals surface area contributed by atoms with Gasteiger partial charge in [-0.05, 0) is 42.9 Å². The Labute approximate surface area is 111 Å². The maximum absolute atomic E-state index is 6.01. The molecule has 2 atom stereocenters. The monoisotopic (exact) mass is 247 g/mol. The fourth-order valence-electron chi connectivity index (χ4n) is 2.52. The van der Waals surface area contributed by atoms with Gasteiger partial charge in [0.05, 0.1) is 12.7 Å². The van der Waals surface area contributed by atoms with Gasteiger partial charge < -0.3 is 10.1 Å². The maximum atomic E-state index is 6.01. The lowest BCUT2D eigenvalue weighted by molar-refractivity contribution is -0.00133. The van der Waals surface area contributed by atoms with E-state index >= 15 is 0 Å². The van der Waals surface area contributed by atoms with Crippen LogP contribution < -0.4 is 5.32 Å². The highest BCUT2D eigenvalue weighted by molar-refractivity contribution is 5.31. The quantitative estimate of drug-likeness (QED) is 0.884. The zero-order chi connectivity index (χ0) is 13.1. The van der Waals surface area contributed by atoms with Gasteiger partial charge in [-0.2, -0.15) is 0 Å². The van der Waals surface area contributed by atoms with E-state index in [9.17, 15) is 0 Å². The summed E-state index contributed by atoms with van der Waals surface area (Å²) in [7, 11) is 0. The van der Waals surface area contributed by atoms with Crippen molar-refractivity contribution in [2.45, 2.75) is 46.3 Å². The van der Waals surface area contributed by atoms with Crippen LogP contribution in [0.4, 0.5) is 0 Å². The second-order valence-electron chi connectivity index (χ2n) is 5.90. The van der Waals surface area contributed by atoms with Gasteiger partial charge in [0.15, 0.2) is 0 Å². The molecule has 0 saturated carbocycles. The molecule has 2 rings (SSSR count). The van der Waals surface area contributed by atoms with Crippen LogP contribution in [0.3, 0.4) is 0 Å². The first kappa shape index (κ1) is 13.6. The van der Waals surface area contributed by atoms with E-state index in [4.69, 9.17) is 4.74 Å². The van der Waals surface area contributed by atoms with Gasteiger partial charge in [0, 0.05) is 12.6 Å². The molecule has 1 aromatic rings. The highest BCUT2D eigenvalue weighted by atomic mass is 16.5. The predicted octanol–water partition coefficient (Wildman–Crippen LogP) is 3.38. The van der Waals surface area contributed by atoms with Crippen molar-refractivity contribution < 1.29 is 4.74 Å². The molecule has 1 N–H and O–H groups in total. The fourth-order valence-corrected chi connectivity index (χ4v) is 2.52. The number of nitrogens with one attached hydrogen (secondary N) is 1. The summed E-state index contributed by atoms with van der Waals surface area (Å²) >= 11 is 0. The standard InChI is InChI=1S/C16H25NO/c1-11(2)7-15-10-18-16(9-17-15)14-6-5-12(3)13(4)8-14/h5-6,8,11,15-17H,7,9-10H2,1-4H3. The zero-order valence-corrected chi connectivity index (χ0v) is 12.0. The average Bonchev–Trinajstić information content (AvgIpc) is 2.33. The van der Waals surface area contributed by atoms with Gasteiger partial charge in [-0.15, -0.1) is 0 Å². The Balaban J connectivity index is 1.94. The fraction of sp³-hybridized carbons (Fsp3) is 0.625. The molecule has 1 aliphatic rings. The molecule has 1 saturated heterocycles. The van der Waals surface area contributed by atoms with Crippen molar-refractivity contribution in [2.75, 3.05) is 13.2 Å². The number of benzene rings is 1. The van der Waals surface area contributed by atoms with E-state index < -0.39 is 0 Å². The van der Waals surface area contributed by atoms with E-state index in [1.807, 2.05) is 0 Å². The lowest BCUT2D eigenvalue weighted by Gasteiger charge is -2.31. The van der Waals surface area contributed by atoms with Crippen LogP contribution >= 0.6 is 0 Å². The first-order valence-corrected chi connectivity index (χ1v) is 6.98. The van der Waals surface area contributed by atoms with Gasteiger partial charge in [0.25, 0.3) is 0 Å². The molecule has 2 nitrogen and oxygen atoms in total. The van der Waals surface area contributed by atoms with Gasteiger partial charge >= 0.3 is 0 Å². The summed E-state index contributed by atoms with van der Waals surface area (Å²) in [6.45, 7) is 10.6. The van der Waals surface area contributed by atoms with Crippen LogP contribution in [0.25, 0.3) is 0 Å². The van der Waals surface area contributed by atoms with E-state index in [-0.39, 0.29) is 6.10 Å². The second-order valence-corrected chi connectivity index (χ2v) is 5.90. The Bertz CT molecular complexity index is 392. The van der Waals surface area contributed by atoms with Crippen LogP contribution in [0.15, 0.2) is 18.2 Å². The Morgan fingerprint density at radius 1 is 1.28 bits per heavy atom. The number of ether oxygens (including phenoxy) is 1. The third-order valence-electron chi connectivity index (χ3n) is 3.75. The lowest BCUT2D eigenvalue weighted by Crippen LogP contribution is -2.43. The van der Waals surface area contributed by atoms with E-state index in [0.717, 1.165) is 19.1 Å². The SMILES string of the molecule is Cc1ccc(C2CNC(CC(C)C)CO2)cc1C. The molecule has 0 radical (unpaired) electrons. The molecule has 1 fully saturated rings. The topological polar surface area (TPSA) is 21.3 Å². The minimum atomic E-state index is 0.215. The number of rotatable bonds is 3. The number of hydrogen-bond acceptors (Lipinski definition) is 2. The van der Waals surface area contributed by atoms with Crippen molar-refractivity contribution >= 4 is 0 Å². The number of aryl methyl sites for hydroxylation is 2. The summed E-state index contributed by atoms with van der Waals surface area (Å²) in [5.74, 6) is 0.726. The van der Waals surface area contributed by atoms with Crippen molar-refractivity contribution in [1.29, 1.82) is 0 Å². The molecule has 100 valence electrons. The van der Waals surface area contributed by atoms with Crippen molar-refractivity contribution in [3.63, 3.8) is 0 Å². The largest absolute Gasteiger partial charge is 0.371 e. The minimum absolute atomic E-state index is 0.215. The highest BCUT2D eigenvalue weighted by Crippen LogP contribution is 2.23. The molecule has 18 heavy (non-hydrogen) atoms. The molecule has 0 bridgehead atoms. The van der Waals surface area contributed by atoms with E-state index in [2.05, 4.69) is 51.2 Å². The summed E-state index contributed by atoms with van der Waals surface area (Å²) in [6.07, 6.45) is 1.41. The maximum Gasteiger partial charge on any atom is 0.0950 e. The molecule has 0 spiro atoms. The second kappa shape index (κ2) is 5.85. The highest BCUT2D eigenvalue weighted by Gasteiger charge is 2.22. The number of hydrogen-bond donors (Lipinski definition) is 1. The molecule has 1 aromatic carbocycles. The molecular formula is C16H25NO. The first-order chi connectivity index (χ1) is 8.56. The van der Waals surface area contributed by atoms with Gasteiger partial charge in [-0.1, -0.05) is 32.0 Å². The smallest absolute Gasteiger partial charge is 0.0950 e. The van der Waals surface area contributed by atoms with Gasteiger partial charge in [0.1, 0.15) is 0 Å². The third kappa shape index (κ3) is 3.33. The normalized spacial score (nSPS) is 24.5. The molecule has 2 heteroatoms. The van der Waals surface area contributed by atoms with Crippen LogP contribution in [0.1, 0.15) is 43.1 Å². The summed E-state index contributed by atoms with van der Waals surface area (Å²) in [4.78, 5) is 0. The zero-order valence-electron chi connectivity index (χ0n) is 12.0. The summed E-state index contributed by atoms with van der Waals surface area (Å²) in [5.41, 5.74) is 3.99. The van der Waals surface area contributed by atoms with Crippen LogP contribution in [0.2, 0.25) is 0 Å². The van der Waals surface area contributed by atoms with Crippen molar-refractivity contribution in [3.05, 3.63) is 34.9 Å². The van der Waals surface area contributed by atoms with Gasteiger partial charge in [-0.25, -0.2) is 0 Å². The van der Waals surface area contributed by atoms with Crippen molar-refractivity contribution in [1.82, 2.24) is 5.32 Å². The minimum Gasteiger partial charge on any atom is -0.371 e. The van der Waals surface area contributed by atoms with E-state index in [1.165, 1.54) is 23.1 Å². The number of morpholine rings is 1. The Morgan fingerprint density at radius 3 is 2.61 bits per heavy atom.